The molecule has 2 amide bonds. The summed E-state index contributed by atoms with van der Waals surface area (Å²) in [6, 6.07) is 22.3. The molecule has 0 spiro atoms. The summed E-state index contributed by atoms with van der Waals surface area (Å²) in [6.45, 7) is 1.94. The highest BCUT2D eigenvalue weighted by atomic mass is 35.5. The fraction of sp³-hybridized carbons (Fsp3) is 0.200. The lowest BCUT2D eigenvalue weighted by atomic mass is 9.76. The van der Waals surface area contributed by atoms with Crippen LogP contribution in [0.3, 0.4) is 0 Å². The van der Waals surface area contributed by atoms with Gasteiger partial charge in [-0.05, 0) is 60.5 Å². The molecule has 158 valence electrons. The number of aryl methyl sites for hydroxylation is 1. The summed E-state index contributed by atoms with van der Waals surface area (Å²) in [6.07, 6.45) is 0.0919. The Kier molecular flexibility index (Phi) is 5.46. The van der Waals surface area contributed by atoms with Crippen LogP contribution in [0, 0.1) is 6.92 Å². The molecular weight excluding hydrogens is 410 g/mol. The van der Waals surface area contributed by atoms with Crippen molar-refractivity contribution in [3.8, 4) is 0 Å². The molecule has 0 bridgehead atoms. The molecule has 0 radical (unpaired) electrons. The zero-order valence-electron chi connectivity index (χ0n) is 17.7. The summed E-state index contributed by atoms with van der Waals surface area (Å²) >= 11 is 6.05. The number of para-hydroxylation sites is 1. The molecule has 6 heteroatoms. The number of hydrogen-bond donors (Lipinski definition) is 1. The molecule has 31 heavy (non-hydrogen) atoms. The molecule has 1 N–H and O–H groups in total. The highest BCUT2D eigenvalue weighted by Gasteiger charge is 2.58. The van der Waals surface area contributed by atoms with Gasteiger partial charge in [-0.25, -0.2) is 0 Å². The summed E-state index contributed by atoms with van der Waals surface area (Å²) in [7, 11) is 3.92. The number of nitrogens with one attached hydrogen (secondary N) is 1. The Hall–Kier alpha value is -3.31. The molecule has 1 atom stereocenters. The average Bonchev–Trinajstić information content (AvgIpc) is 2.75. The normalized spacial score (nSPS) is 17.8. The molecule has 0 saturated carbocycles. The number of hydrogen-bond acceptors (Lipinski definition) is 3. The number of anilines is 3. The number of carbonyl (C=O) groups is 2. The van der Waals surface area contributed by atoms with Gasteiger partial charge in [0, 0.05) is 36.2 Å². The summed E-state index contributed by atoms with van der Waals surface area (Å²) in [5.74, 6) is -0.354. The van der Waals surface area contributed by atoms with Crippen LogP contribution in [0.25, 0.3) is 0 Å². The van der Waals surface area contributed by atoms with Gasteiger partial charge in [0.25, 0.3) is 5.91 Å². The third-order valence-corrected chi connectivity index (χ3v) is 6.01. The van der Waals surface area contributed by atoms with Crippen molar-refractivity contribution in [2.24, 2.45) is 0 Å². The van der Waals surface area contributed by atoms with Crippen molar-refractivity contribution in [1.29, 1.82) is 0 Å². The van der Waals surface area contributed by atoms with E-state index in [-0.39, 0.29) is 18.2 Å². The van der Waals surface area contributed by atoms with Crippen LogP contribution in [0.5, 0.6) is 0 Å². The second-order valence-electron chi connectivity index (χ2n) is 7.95. The maximum Gasteiger partial charge on any atom is 0.255 e. The van der Waals surface area contributed by atoms with E-state index in [1.165, 1.54) is 0 Å². The predicted octanol–water partition coefficient (Wildman–Crippen LogP) is 4.99. The van der Waals surface area contributed by atoms with Crippen molar-refractivity contribution in [3.63, 3.8) is 0 Å². The first-order chi connectivity index (χ1) is 14.8. The Labute approximate surface area is 187 Å². The van der Waals surface area contributed by atoms with Crippen LogP contribution < -0.4 is 15.1 Å². The monoisotopic (exact) mass is 433 g/mol. The summed E-state index contributed by atoms with van der Waals surface area (Å²) in [5, 5.41) is 3.62. The molecule has 3 aromatic carbocycles. The number of benzene rings is 3. The van der Waals surface area contributed by atoms with Crippen LogP contribution in [0.4, 0.5) is 17.1 Å². The minimum atomic E-state index is -1.14. The standard InChI is InChI=1S/C25H24ClN3O2/c1-17-6-4-5-7-22(17)27-24(31)25(18-8-12-20(13-9-18)28(2)3)16-23(30)29(25)21-14-10-19(26)11-15-21/h4-15H,16H2,1-3H3,(H,27,31)/t25-/m1/s1. The minimum absolute atomic E-state index is 0.0919. The first-order valence-corrected chi connectivity index (χ1v) is 10.4. The Morgan fingerprint density at radius 3 is 2.23 bits per heavy atom. The van der Waals surface area contributed by atoms with Crippen molar-refractivity contribution in [2.45, 2.75) is 18.9 Å². The number of β-lactam (4-membered cyclic amide) rings is 1. The third kappa shape index (κ3) is 3.66. The Morgan fingerprint density at radius 2 is 1.65 bits per heavy atom. The van der Waals surface area contributed by atoms with Crippen LogP contribution in [-0.4, -0.2) is 25.9 Å². The van der Waals surface area contributed by atoms with E-state index < -0.39 is 5.54 Å². The molecule has 1 saturated heterocycles. The van der Waals surface area contributed by atoms with Crippen LogP contribution in [-0.2, 0) is 15.1 Å². The van der Waals surface area contributed by atoms with Crippen molar-refractivity contribution in [1.82, 2.24) is 0 Å². The van der Waals surface area contributed by atoms with Crippen LogP contribution in [0.2, 0.25) is 5.02 Å². The SMILES string of the molecule is Cc1ccccc1NC(=O)[C@]1(c2ccc(N(C)C)cc2)CC(=O)N1c1ccc(Cl)cc1. The van der Waals surface area contributed by atoms with Gasteiger partial charge in [-0.2, -0.15) is 0 Å². The van der Waals surface area contributed by atoms with E-state index in [4.69, 9.17) is 11.6 Å². The lowest BCUT2D eigenvalue weighted by Gasteiger charge is -2.50. The summed E-state index contributed by atoms with van der Waals surface area (Å²) in [4.78, 5) is 30.1. The van der Waals surface area contributed by atoms with E-state index in [1.807, 2.05) is 74.4 Å². The fourth-order valence-electron chi connectivity index (χ4n) is 3.97. The topological polar surface area (TPSA) is 52.7 Å². The largest absolute Gasteiger partial charge is 0.378 e. The Bertz CT molecular complexity index is 1130. The third-order valence-electron chi connectivity index (χ3n) is 5.75. The van der Waals surface area contributed by atoms with E-state index in [1.54, 1.807) is 29.2 Å². The van der Waals surface area contributed by atoms with Gasteiger partial charge in [0.1, 0.15) is 0 Å². The zero-order valence-corrected chi connectivity index (χ0v) is 18.5. The molecule has 1 aliphatic heterocycles. The first-order valence-electron chi connectivity index (χ1n) is 10.1. The maximum absolute atomic E-state index is 13.7. The lowest BCUT2D eigenvalue weighted by molar-refractivity contribution is -0.137. The number of halogens is 1. The molecule has 5 nitrogen and oxygen atoms in total. The highest BCUT2D eigenvalue weighted by Crippen LogP contribution is 2.46. The second-order valence-corrected chi connectivity index (χ2v) is 8.39. The van der Waals surface area contributed by atoms with E-state index in [9.17, 15) is 9.59 Å². The van der Waals surface area contributed by atoms with Crippen LogP contribution in [0.15, 0.2) is 72.8 Å². The van der Waals surface area contributed by atoms with Gasteiger partial charge in [-0.3, -0.25) is 14.5 Å². The second kappa shape index (κ2) is 8.08. The van der Waals surface area contributed by atoms with Crippen molar-refractivity contribution < 1.29 is 9.59 Å². The molecule has 3 aromatic rings. The van der Waals surface area contributed by atoms with Gasteiger partial charge in [0.15, 0.2) is 5.54 Å². The average molecular weight is 434 g/mol. The molecule has 1 heterocycles. The Morgan fingerprint density at radius 1 is 1.00 bits per heavy atom. The number of nitrogens with zero attached hydrogens (tertiary/aromatic N) is 2. The molecule has 0 aromatic heterocycles. The Balaban J connectivity index is 1.80. The van der Waals surface area contributed by atoms with Crippen molar-refractivity contribution in [2.75, 3.05) is 29.2 Å². The lowest BCUT2D eigenvalue weighted by Crippen LogP contribution is -2.67. The van der Waals surface area contributed by atoms with E-state index in [2.05, 4.69) is 5.32 Å². The molecular formula is C25H24ClN3O2. The predicted molar refractivity (Wildman–Crippen MR) is 126 cm³/mol. The minimum Gasteiger partial charge on any atom is -0.378 e. The zero-order chi connectivity index (χ0) is 22.2. The van der Waals surface area contributed by atoms with E-state index in [0.717, 1.165) is 22.5 Å². The van der Waals surface area contributed by atoms with E-state index >= 15 is 0 Å². The summed E-state index contributed by atoms with van der Waals surface area (Å²) in [5.41, 5.74) is 2.96. The first kappa shape index (κ1) is 20.9. The van der Waals surface area contributed by atoms with Crippen LogP contribution in [0.1, 0.15) is 17.5 Å². The van der Waals surface area contributed by atoms with Crippen molar-refractivity contribution >= 4 is 40.5 Å². The van der Waals surface area contributed by atoms with E-state index in [0.29, 0.717) is 10.7 Å². The smallest absolute Gasteiger partial charge is 0.255 e. The van der Waals surface area contributed by atoms with Gasteiger partial charge >= 0.3 is 0 Å². The molecule has 1 aliphatic rings. The number of rotatable bonds is 5. The van der Waals surface area contributed by atoms with Gasteiger partial charge in [-0.1, -0.05) is 41.9 Å². The number of amides is 2. The van der Waals surface area contributed by atoms with Gasteiger partial charge < -0.3 is 10.2 Å². The van der Waals surface area contributed by atoms with Gasteiger partial charge in [-0.15, -0.1) is 0 Å². The molecule has 1 fully saturated rings. The molecule has 0 unspecified atom stereocenters. The fourth-order valence-corrected chi connectivity index (χ4v) is 4.10. The van der Waals surface area contributed by atoms with Crippen LogP contribution >= 0.6 is 11.6 Å². The molecule has 4 rings (SSSR count). The maximum atomic E-state index is 13.7. The summed E-state index contributed by atoms with van der Waals surface area (Å²) < 4.78 is 0. The number of carbonyl (C=O) groups excluding carboxylic acids is 2. The van der Waals surface area contributed by atoms with Crippen molar-refractivity contribution in [3.05, 3.63) is 88.9 Å². The molecule has 0 aliphatic carbocycles. The highest BCUT2D eigenvalue weighted by molar-refractivity contribution is 6.30. The van der Waals surface area contributed by atoms with Gasteiger partial charge in [0.05, 0.1) is 6.42 Å². The quantitative estimate of drug-likeness (QED) is 0.577. The van der Waals surface area contributed by atoms with Gasteiger partial charge in [0.2, 0.25) is 5.91 Å².